The zero-order chi connectivity index (χ0) is 22.3. The molecule has 0 aromatic heterocycles. The minimum Gasteiger partial charge on any atom is -0.491 e. The number of rotatable bonds is 4. The van der Waals surface area contributed by atoms with Gasteiger partial charge in [0.15, 0.2) is 40.7 Å². The molecule has 0 aliphatic heterocycles. The van der Waals surface area contributed by atoms with Crippen LogP contribution >= 0.6 is 0 Å². The molecule has 0 fully saturated rings. The van der Waals surface area contributed by atoms with Crippen molar-refractivity contribution in [2.75, 3.05) is 7.11 Å². The third-order valence-corrected chi connectivity index (χ3v) is 4.32. The molecule has 30 heavy (non-hydrogen) atoms. The van der Waals surface area contributed by atoms with Crippen LogP contribution in [0.5, 0.6) is 5.75 Å². The third kappa shape index (κ3) is 3.59. The van der Waals surface area contributed by atoms with Gasteiger partial charge in [-0.15, -0.1) is 0 Å². The van der Waals surface area contributed by atoms with E-state index in [4.69, 9.17) is 0 Å². The monoisotopic (exact) mass is 434 g/mol. The van der Waals surface area contributed by atoms with Gasteiger partial charge in [0.1, 0.15) is 17.5 Å². The second-order valence-corrected chi connectivity index (χ2v) is 6.12. The second kappa shape index (κ2) is 7.96. The van der Waals surface area contributed by atoms with Gasteiger partial charge in [-0.1, -0.05) is 0 Å². The molecule has 0 N–H and O–H groups in total. The zero-order valence-corrected chi connectivity index (χ0v) is 14.8. The maximum Gasteiger partial charge on any atom is 0.257 e. The van der Waals surface area contributed by atoms with E-state index in [9.17, 15) is 39.5 Å². The minimum atomic E-state index is -2.45. The van der Waals surface area contributed by atoms with Crippen LogP contribution in [-0.2, 0) is 0 Å². The summed E-state index contributed by atoms with van der Waals surface area (Å²) in [6, 6.07) is 0.804. The number of halogens is 9. The van der Waals surface area contributed by atoms with E-state index in [0.29, 0.717) is 0 Å². The number of benzene rings is 3. The minimum absolute atomic E-state index is 0.0887. The molecule has 0 saturated heterocycles. The van der Waals surface area contributed by atoms with Crippen molar-refractivity contribution < 1.29 is 44.3 Å². The van der Waals surface area contributed by atoms with Crippen molar-refractivity contribution in [3.05, 3.63) is 82.7 Å². The molecule has 3 rings (SSSR count). The van der Waals surface area contributed by atoms with Crippen LogP contribution in [-0.4, -0.2) is 13.8 Å². The van der Waals surface area contributed by atoms with Gasteiger partial charge in [-0.25, -0.2) is 39.5 Å². The summed E-state index contributed by atoms with van der Waals surface area (Å²) in [4.78, 5) is 0. The van der Waals surface area contributed by atoms with E-state index in [1.165, 1.54) is 0 Å². The Balaban J connectivity index is 2.49. The summed E-state index contributed by atoms with van der Waals surface area (Å²) in [6.45, 7) is -2.45. The predicted molar refractivity (Wildman–Crippen MR) is 90.2 cm³/mol. The summed E-state index contributed by atoms with van der Waals surface area (Å²) in [6.07, 6.45) is 0. The molecule has 0 bridgehead atoms. The van der Waals surface area contributed by atoms with E-state index >= 15 is 0 Å². The van der Waals surface area contributed by atoms with Crippen molar-refractivity contribution >= 4 is 23.1 Å². The highest BCUT2D eigenvalue weighted by Gasteiger charge is 2.37. The van der Waals surface area contributed by atoms with Crippen LogP contribution in [0.3, 0.4) is 0 Å². The lowest BCUT2D eigenvalue weighted by atomic mass is 9.36. The topological polar surface area (TPSA) is 9.23 Å². The Morgan fingerprint density at radius 3 is 1.47 bits per heavy atom. The normalized spacial score (nSPS) is 11.0. The maximum absolute atomic E-state index is 14.9. The molecule has 0 aliphatic carbocycles. The van der Waals surface area contributed by atoms with Crippen molar-refractivity contribution in [2.45, 2.75) is 0 Å². The zero-order valence-electron chi connectivity index (χ0n) is 14.8. The lowest BCUT2D eigenvalue weighted by Crippen LogP contribution is -2.57. The van der Waals surface area contributed by atoms with Gasteiger partial charge >= 0.3 is 0 Å². The Morgan fingerprint density at radius 2 is 1.03 bits per heavy atom. The Kier molecular flexibility index (Phi) is 5.73. The first kappa shape index (κ1) is 21.6. The van der Waals surface area contributed by atoms with E-state index in [1.54, 1.807) is 0 Å². The average Bonchev–Trinajstić information content (AvgIpc) is 2.65. The summed E-state index contributed by atoms with van der Waals surface area (Å²) >= 11 is 0. The molecule has 0 unspecified atom stereocenters. The highest BCUT2D eigenvalue weighted by atomic mass is 19.2. The van der Waals surface area contributed by atoms with Crippen molar-refractivity contribution in [1.82, 2.24) is 0 Å². The van der Waals surface area contributed by atoms with Crippen molar-refractivity contribution in [2.24, 2.45) is 0 Å². The molecule has 3 aromatic rings. The van der Waals surface area contributed by atoms with Gasteiger partial charge in [0, 0.05) is 23.7 Å². The molecule has 0 atom stereocenters. The SMILES string of the molecule is COc1c(F)cc(F)c(B(c2cc(F)cc(F)c2F)c2cc(F)cc(F)c2F)c1F. The van der Waals surface area contributed by atoms with Gasteiger partial charge in [0.25, 0.3) is 6.71 Å². The van der Waals surface area contributed by atoms with Gasteiger partial charge < -0.3 is 4.74 Å². The third-order valence-electron chi connectivity index (χ3n) is 4.32. The molecule has 0 spiro atoms. The maximum atomic E-state index is 14.9. The van der Waals surface area contributed by atoms with Crippen LogP contribution in [0.15, 0.2) is 30.3 Å². The van der Waals surface area contributed by atoms with Gasteiger partial charge in [-0.2, -0.15) is 0 Å². The average molecular weight is 434 g/mol. The lowest BCUT2D eigenvalue weighted by molar-refractivity contribution is 0.358. The number of methoxy groups -OCH3 is 1. The van der Waals surface area contributed by atoms with Crippen molar-refractivity contribution in [1.29, 1.82) is 0 Å². The molecule has 0 amide bonds. The number of hydrogen-bond acceptors (Lipinski definition) is 1. The van der Waals surface area contributed by atoms with Crippen LogP contribution < -0.4 is 21.1 Å². The van der Waals surface area contributed by atoms with Gasteiger partial charge in [-0.3, -0.25) is 0 Å². The number of hydrogen-bond donors (Lipinski definition) is 0. The van der Waals surface area contributed by atoms with E-state index in [0.717, 1.165) is 7.11 Å². The molecular weight excluding hydrogens is 426 g/mol. The highest BCUT2D eigenvalue weighted by Crippen LogP contribution is 2.22. The van der Waals surface area contributed by atoms with E-state index < -0.39 is 81.2 Å². The van der Waals surface area contributed by atoms with Crippen LogP contribution in [0, 0.1) is 52.4 Å². The largest absolute Gasteiger partial charge is 0.491 e. The molecule has 3 aromatic carbocycles. The second-order valence-electron chi connectivity index (χ2n) is 6.12. The van der Waals surface area contributed by atoms with Gasteiger partial charge in [-0.05, 0) is 23.1 Å². The van der Waals surface area contributed by atoms with Gasteiger partial charge in [0.05, 0.1) is 7.11 Å². The lowest BCUT2D eigenvalue weighted by Gasteiger charge is -2.20. The standard InChI is InChI=1S/C19H8BF9O/c1-30-19-14(26)6-11(23)15(18(19)29)20(9-2-7(21)4-12(24)16(9)27)10-3-8(22)5-13(25)17(10)28/h2-6H,1H3. The Bertz CT molecular complexity index is 1090. The van der Waals surface area contributed by atoms with E-state index in [2.05, 4.69) is 4.74 Å². The molecular formula is C19H8BF9O. The molecule has 0 heterocycles. The first-order chi connectivity index (χ1) is 14.1. The first-order valence-electron chi connectivity index (χ1n) is 8.07. The smallest absolute Gasteiger partial charge is 0.257 e. The molecule has 0 radical (unpaired) electrons. The van der Waals surface area contributed by atoms with Crippen molar-refractivity contribution in [3.63, 3.8) is 0 Å². The van der Waals surface area contributed by atoms with Crippen LogP contribution in [0.4, 0.5) is 39.5 Å². The Hall–Kier alpha value is -3.11. The molecule has 1 nitrogen and oxygen atoms in total. The Labute approximate surface area is 163 Å². The van der Waals surface area contributed by atoms with Gasteiger partial charge in [0.2, 0.25) is 0 Å². The van der Waals surface area contributed by atoms with Crippen molar-refractivity contribution in [3.8, 4) is 5.75 Å². The summed E-state index contributed by atoms with van der Waals surface area (Å²) in [5.74, 6) is -16.5. The molecule has 156 valence electrons. The quantitative estimate of drug-likeness (QED) is 0.348. The Morgan fingerprint density at radius 1 is 0.567 bits per heavy atom. The first-order valence-corrected chi connectivity index (χ1v) is 8.07. The molecule has 11 heteroatoms. The van der Waals surface area contributed by atoms with E-state index in [-0.39, 0.29) is 30.3 Å². The summed E-state index contributed by atoms with van der Waals surface area (Å²) in [5, 5.41) is 0. The molecule has 0 aliphatic rings. The summed E-state index contributed by atoms with van der Waals surface area (Å²) in [7, 11) is 0.795. The predicted octanol–water partition coefficient (Wildman–Crippen LogP) is 3.46. The highest BCUT2D eigenvalue weighted by molar-refractivity contribution is 6.95. The van der Waals surface area contributed by atoms with Crippen LogP contribution in [0.1, 0.15) is 0 Å². The summed E-state index contributed by atoms with van der Waals surface area (Å²) in [5.41, 5.74) is -3.73. The summed E-state index contributed by atoms with van der Waals surface area (Å²) < 4.78 is 132. The van der Waals surface area contributed by atoms with E-state index in [1.807, 2.05) is 0 Å². The van der Waals surface area contributed by atoms with Crippen LogP contribution in [0.2, 0.25) is 0 Å². The van der Waals surface area contributed by atoms with Crippen LogP contribution in [0.25, 0.3) is 0 Å². The molecule has 0 saturated carbocycles. The fraction of sp³-hybridized carbons (Fsp3) is 0.0526. The fourth-order valence-corrected chi connectivity index (χ4v) is 3.09. The fourth-order valence-electron chi connectivity index (χ4n) is 3.09. The number of ether oxygens (including phenoxy) is 1.